The molecule has 0 bridgehead atoms. The van der Waals surface area contributed by atoms with Gasteiger partial charge >= 0.3 is 0 Å². The summed E-state index contributed by atoms with van der Waals surface area (Å²) >= 11 is 0. The molecule has 6 nitrogen and oxygen atoms in total. The Labute approximate surface area is 124 Å². The normalized spacial score (nSPS) is 29.2. The van der Waals surface area contributed by atoms with Crippen molar-refractivity contribution in [3.05, 3.63) is 24.0 Å². The molecular weight excluding hydrogens is 272 g/mol. The number of aromatic amines is 1. The molecule has 1 aromatic rings. The zero-order valence-corrected chi connectivity index (χ0v) is 12.3. The molecule has 0 aromatic carbocycles. The maximum absolute atomic E-state index is 12.7. The minimum atomic E-state index is -0.359. The third kappa shape index (κ3) is 2.84. The smallest absolute Gasteiger partial charge is 0.270 e. The maximum atomic E-state index is 12.7. The van der Waals surface area contributed by atoms with E-state index in [9.17, 15) is 4.79 Å². The monoisotopic (exact) mass is 294 g/mol. The number of amides is 1. The summed E-state index contributed by atoms with van der Waals surface area (Å²) in [5.41, 5.74) is 0.256. The fourth-order valence-corrected chi connectivity index (χ4v) is 3.12. The van der Waals surface area contributed by atoms with Crippen molar-refractivity contribution in [2.45, 2.75) is 25.0 Å². The van der Waals surface area contributed by atoms with Gasteiger partial charge in [0.15, 0.2) is 0 Å². The van der Waals surface area contributed by atoms with Crippen LogP contribution in [-0.2, 0) is 14.2 Å². The Morgan fingerprint density at radius 3 is 3.24 bits per heavy atom. The van der Waals surface area contributed by atoms with Gasteiger partial charge in [-0.3, -0.25) is 4.79 Å². The molecule has 2 atom stereocenters. The van der Waals surface area contributed by atoms with E-state index in [1.165, 1.54) is 0 Å². The second-order valence-corrected chi connectivity index (χ2v) is 5.61. The van der Waals surface area contributed by atoms with Crippen molar-refractivity contribution in [2.75, 3.05) is 39.6 Å². The first kappa shape index (κ1) is 14.6. The first-order chi connectivity index (χ1) is 10.2. The molecule has 1 spiro atoms. The van der Waals surface area contributed by atoms with Gasteiger partial charge in [0.1, 0.15) is 5.69 Å². The second kappa shape index (κ2) is 6.17. The van der Waals surface area contributed by atoms with Crippen LogP contribution in [0, 0.1) is 0 Å². The van der Waals surface area contributed by atoms with Crippen LogP contribution >= 0.6 is 0 Å². The van der Waals surface area contributed by atoms with E-state index in [4.69, 9.17) is 14.2 Å². The largest absolute Gasteiger partial charge is 0.379 e. The van der Waals surface area contributed by atoms with Gasteiger partial charge in [0.2, 0.25) is 0 Å². The lowest BCUT2D eigenvalue weighted by molar-refractivity contribution is -0.0560. The minimum Gasteiger partial charge on any atom is -0.379 e. The van der Waals surface area contributed by atoms with Crippen LogP contribution in [0.5, 0.6) is 0 Å². The lowest BCUT2D eigenvalue weighted by atomic mass is 9.93. The van der Waals surface area contributed by atoms with Gasteiger partial charge in [0.25, 0.3) is 5.91 Å². The van der Waals surface area contributed by atoms with Crippen LogP contribution in [0.15, 0.2) is 18.3 Å². The number of hydrogen-bond donors (Lipinski definition) is 1. The molecule has 2 aliphatic heterocycles. The van der Waals surface area contributed by atoms with Crippen LogP contribution in [0.1, 0.15) is 23.8 Å². The van der Waals surface area contributed by atoms with Crippen LogP contribution in [-0.4, -0.2) is 67.0 Å². The Morgan fingerprint density at radius 2 is 2.48 bits per heavy atom. The summed E-state index contributed by atoms with van der Waals surface area (Å²) in [5.74, 6) is 0.0176. The number of carbonyl (C=O) groups excluding carboxylic acids is 1. The number of aromatic nitrogens is 1. The summed E-state index contributed by atoms with van der Waals surface area (Å²) in [4.78, 5) is 17.6. The zero-order valence-electron chi connectivity index (χ0n) is 12.3. The van der Waals surface area contributed by atoms with Crippen LogP contribution < -0.4 is 0 Å². The molecule has 21 heavy (non-hydrogen) atoms. The highest BCUT2D eigenvalue weighted by molar-refractivity contribution is 5.93. The van der Waals surface area contributed by atoms with Crippen molar-refractivity contribution in [1.82, 2.24) is 9.88 Å². The third-order valence-electron chi connectivity index (χ3n) is 4.18. The minimum absolute atomic E-state index is 0.0176. The highest BCUT2D eigenvalue weighted by atomic mass is 16.5. The molecule has 6 heteroatoms. The molecule has 0 saturated carbocycles. The summed E-state index contributed by atoms with van der Waals surface area (Å²) in [6.45, 7) is 5.43. The molecule has 0 radical (unpaired) electrons. The Kier molecular flexibility index (Phi) is 4.28. The van der Waals surface area contributed by atoms with Crippen molar-refractivity contribution >= 4 is 5.91 Å². The molecule has 2 aliphatic rings. The molecule has 0 aliphatic carbocycles. The first-order valence-corrected chi connectivity index (χ1v) is 7.47. The van der Waals surface area contributed by atoms with Crippen molar-refractivity contribution < 1.29 is 19.0 Å². The van der Waals surface area contributed by atoms with Crippen molar-refractivity contribution in [3.63, 3.8) is 0 Å². The summed E-state index contributed by atoms with van der Waals surface area (Å²) < 4.78 is 16.9. The maximum Gasteiger partial charge on any atom is 0.270 e. The predicted octanol–water partition coefficient (Wildman–Crippen LogP) is 1.05. The number of ether oxygens (including phenoxy) is 3. The zero-order chi connectivity index (χ0) is 14.7. The van der Waals surface area contributed by atoms with Crippen LogP contribution in [0.4, 0.5) is 0 Å². The Morgan fingerprint density at radius 1 is 1.57 bits per heavy atom. The SMILES string of the molecule is CCOCC1CC2(COCCN2C(=O)c2ccc[nH]2)CO1. The molecule has 2 saturated heterocycles. The van der Waals surface area contributed by atoms with E-state index in [2.05, 4.69) is 4.98 Å². The Bertz CT molecular complexity index is 476. The van der Waals surface area contributed by atoms with Crippen LogP contribution in [0.25, 0.3) is 0 Å². The lowest BCUT2D eigenvalue weighted by Crippen LogP contribution is -2.60. The van der Waals surface area contributed by atoms with Crippen LogP contribution in [0.3, 0.4) is 0 Å². The molecule has 2 fully saturated rings. The number of H-pyrrole nitrogens is 1. The molecular formula is C15H22N2O4. The molecule has 3 rings (SSSR count). The molecule has 2 unspecified atom stereocenters. The highest BCUT2D eigenvalue weighted by Crippen LogP contribution is 2.34. The van der Waals surface area contributed by atoms with Crippen molar-refractivity contribution in [3.8, 4) is 0 Å². The molecule has 116 valence electrons. The molecule has 1 N–H and O–H groups in total. The number of hydrogen-bond acceptors (Lipinski definition) is 4. The number of carbonyl (C=O) groups is 1. The van der Waals surface area contributed by atoms with Gasteiger partial charge in [-0.1, -0.05) is 0 Å². The van der Waals surface area contributed by atoms with E-state index < -0.39 is 0 Å². The average Bonchev–Trinajstić information content (AvgIpc) is 3.16. The molecule has 1 amide bonds. The first-order valence-electron chi connectivity index (χ1n) is 7.47. The summed E-state index contributed by atoms with van der Waals surface area (Å²) in [5, 5.41) is 0. The van der Waals surface area contributed by atoms with Crippen molar-refractivity contribution in [2.24, 2.45) is 0 Å². The van der Waals surface area contributed by atoms with Crippen LogP contribution in [0.2, 0.25) is 0 Å². The predicted molar refractivity (Wildman–Crippen MR) is 76.2 cm³/mol. The summed E-state index contributed by atoms with van der Waals surface area (Å²) in [7, 11) is 0. The van der Waals surface area contributed by atoms with Gasteiger partial charge in [-0.05, 0) is 19.1 Å². The van der Waals surface area contributed by atoms with E-state index in [-0.39, 0.29) is 17.6 Å². The van der Waals surface area contributed by atoms with Gasteiger partial charge in [-0.15, -0.1) is 0 Å². The van der Waals surface area contributed by atoms with E-state index >= 15 is 0 Å². The quantitative estimate of drug-likeness (QED) is 0.901. The van der Waals surface area contributed by atoms with E-state index in [1.807, 2.05) is 17.9 Å². The average molecular weight is 294 g/mol. The fraction of sp³-hybridized carbons (Fsp3) is 0.667. The van der Waals surface area contributed by atoms with Gasteiger partial charge in [-0.2, -0.15) is 0 Å². The van der Waals surface area contributed by atoms with E-state index in [0.29, 0.717) is 45.3 Å². The number of nitrogens with one attached hydrogen (secondary N) is 1. The fourth-order valence-electron chi connectivity index (χ4n) is 3.12. The summed E-state index contributed by atoms with van der Waals surface area (Å²) in [6, 6.07) is 3.64. The third-order valence-corrected chi connectivity index (χ3v) is 4.18. The van der Waals surface area contributed by atoms with E-state index in [0.717, 1.165) is 6.42 Å². The topological polar surface area (TPSA) is 63.8 Å². The lowest BCUT2D eigenvalue weighted by Gasteiger charge is -2.43. The Balaban J connectivity index is 1.74. The van der Waals surface area contributed by atoms with E-state index in [1.54, 1.807) is 12.3 Å². The molecule has 1 aromatic heterocycles. The number of morpholine rings is 1. The number of nitrogens with zero attached hydrogens (tertiary/aromatic N) is 1. The highest BCUT2D eigenvalue weighted by Gasteiger charge is 2.49. The Hall–Kier alpha value is -1.37. The molecule has 3 heterocycles. The standard InChI is InChI=1S/C15H22N2O4/c1-2-19-9-12-8-15(11-21-12)10-20-7-6-17(15)14(18)13-4-3-5-16-13/h3-5,12,16H,2,6-11H2,1H3. The number of rotatable bonds is 4. The van der Waals surface area contributed by atoms with Gasteiger partial charge in [0, 0.05) is 25.8 Å². The second-order valence-electron chi connectivity index (χ2n) is 5.61. The van der Waals surface area contributed by atoms with Gasteiger partial charge in [-0.25, -0.2) is 0 Å². The van der Waals surface area contributed by atoms with Gasteiger partial charge in [0.05, 0.1) is 38.1 Å². The summed E-state index contributed by atoms with van der Waals surface area (Å²) in [6.07, 6.45) is 2.56. The van der Waals surface area contributed by atoms with Gasteiger partial charge < -0.3 is 24.1 Å². The van der Waals surface area contributed by atoms with Crippen molar-refractivity contribution in [1.29, 1.82) is 0 Å².